The highest BCUT2D eigenvalue weighted by molar-refractivity contribution is 8.00. The van der Waals surface area contributed by atoms with Crippen LogP contribution < -0.4 is 26.6 Å². The molecule has 4 aromatic rings. The van der Waals surface area contributed by atoms with E-state index in [2.05, 4.69) is 97.5 Å². The Morgan fingerprint density at radius 2 is 1.23 bits per heavy atom. The van der Waals surface area contributed by atoms with Gasteiger partial charge in [-0.15, -0.1) is 11.8 Å². The third-order valence-electron chi connectivity index (χ3n) is 22.3. The lowest BCUT2D eigenvalue weighted by molar-refractivity contribution is -0.401. The number of nitrogens with one attached hydrogen (secondary N) is 5. The van der Waals surface area contributed by atoms with Crippen molar-refractivity contribution in [3.05, 3.63) is 126 Å². The van der Waals surface area contributed by atoms with Crippen LogP contribution in [0.5, 0.6) is 0 Å². The maximum atomic E-state index is 14.1. The van der Waals surface area contributed by atoms with Crippen LogP contribution in [0.3, 0.4) is 0 Å². The molecule has 3 aliphatic rings. The standard InChI is InChI=1S/C87H115N11O24S2/c1-53-21-25-70-66(34-53)86(3,4)76(96(70)7)19-11-8-12-20-77-87(5,6)67-42-65(124(118,119)120)24-26-71(67)97(77)30-13-9-10-16-62(102)17-14-31-98-78(108)43-75(85(98)117)123-50-59(82(114)91-29-33-122-49-63(103)36-58(47-100)84(116)95-69(41-61-45-90-52-93-61)74(107)39-56(81(88)113)23-28-80(111)112)37-64(104)48-121-32-15-18-72(105)55(22-27-79(109)110)38-73(106)68(40-60-44-89-51-92-60)94-83(115)57(46-99)35-54(2)101/h8,11-12,19-21,24-26,34,42,44-45,51-52,55-59,68-69,75,99-100H,9-10,13-18,22-23,27-33,35-41,43,46-50H2,1-7H3,(H9-,88,89,90,91,92,93,94,95,109,110,111,112,113,114,115,116,118,119,120)/p+1/t55-,56-,57+,58+,59+,68+,69+,75?/m0/s1. The molecule has 0 aliphatic carbocycles. The number of aliphatic carboxylic acids is 2. The number of aliphatic hydroxyl groups is 2. The van der Waals surface area contributed by atoms with Crippen molar-refractivity contribution < 1.29 is 119 Å². The molecule has 12 N–H and O–H groups in total. The van der Waals surface area contributed by atoms with E-state index in [0.29, 0.717) is 37.2 Å². The quantitative estimate of drug-likeness (QED) is 0.00877. The number of fused-ring (bicyclic) bond motifs is 2. The minimum absolute atomic E-state index is 0.0121. The molecule has 0 saturated carbocycles. The molecule has 124 heavy (non-hydrogen) atoms. The number of aliphatic hydroxyl groups excluding tert-OH is 2. The molecule has 2 aromatic heterocycles. The second-order valence-electron chi connectivity index (χ2n) is 32.7. The van der Waals surface area contributed by atoms with Gasteiger partial charge in [0.25, 0.3) is 10.1 Å². The molecule has 8 atom stereocenters. The highest BCUT2D eigenvalue weighted by Gasteiger charge is 2.45. The first kappa shape index (κ1) is 100. The molecule has 2 aromatic carbocycles. The van der Waals surface area contributed by atoms with E-state index in [-0.39, 0.29) is 119 Å². The van der Waals surface area contributed by atoms with Crippen molar-refractivity contribution in [2.24, 2.45) is 35.3 Å². The zero-order valence-electron chi connectivity index (χ0n) is 71.1. The van der Waals surface area contributed by atoms with Crippen LogP contribution in [0.2, 0.25) is 0 Å². The van der Waals surface area contributed by atoms with Gasteiger partial charge in [-0.25, -0.2) is 9.97 Å². The average Bonchev–Trinajstić information content (AvgIpc) is 1.59. The SMILES string of the molecule is CC(=O)C[C@H](CO)C(=O)N[C@H](Cc1cnc[nH]1)C(=O)C[C@H](CCC(=O)O)C(=O)CCCOCC(=O)C[C@H](CSC1CC(=O)N(CCCC(=O)CCCCCN2/C(=C/C=C/C=C/C3=[N+](C)c4ccc(C)cc4C3(C)C)C(C)(C)c3cc(S(=O)(=O)O)ccc32)C1=O)C(=O)NCCOCC(=O)C[C@H](CO)C(=O)N[C@H](Cc1cnc[nH]1)C(=O)C[C@H](CCC(=O)O)C(N)=O. The number of likely N-dealkylation sites (tertiary alicyclic amines) is 1. The number of imide groups is 1. The number of hydrogen-bond acceptors (Lipinski definition) is 25. The molecule has 1 unspecified atom stereocenters. The molecule has 0 bridgehead atoms. The van der Waals surface area contributed by atoms with Gasteiger partial charge in [0.1, 0.15) is 37.6 Å². The number of primary amides is 1. The van der Waals surface area contributed by atoms with Crippen LogP contribution >= 0.6 is 11.8 Å². The van der Waals surface area contributed by atoms with Crippen molar-refractivity contribution in [1.82, 2.24) is 40.8 Å². The minimum atomic E-state index is -4.51. The number of aryl methyl sites for hydroxylation is 1. The lowest BCUT2D eigenvalue weighted by Crippen LogP contribution is -2.47. The number of anilines is 1. The van der Waals surface area contributed by atoms with Crippen molar-refractivity contribution in [2.75, 3.05) is 77.0 Å². The molecule has 1 fully saturated rings. The summed E-state index contributed by atoms with van der Waals surface area (Å²) in [5.41, 5.74) is 12.5. The fourth-order valence-corrected chi connectivity index (χ4v) is 17.1. The zero-order valence-corrected chi connectivity index (χ0v) is 72.7. The Bertz CT molecular complexity index is 4770. The Hall–Kier alpha value is -10.7. The number of carboxylic acids is 2. The van der Waals surface area contributed by atoms with Crippen LogP contribution in [0.15, 0.2) is 102 Å². The summed E-state index contributed by atoms with van der Waals surface area (Å²) in [5.74, 6) is -16.8. The number of H-pyrrole nitrogens is 2. The number of nitrogens with zero attached hydrogens (tertiary/aromatic N) is 5. The summed E-state index contributed by atoms with van der Waals surface area (Å²) < 4.78 is 48.1. The fraction of sp³-hybridized carbons (Fsp3) is 0.540. The van der Waals surface area contributed by atoms with Gasteiger partial charge in [0.05, 0.1) is 77.9 Å². The fourth-order valence-electron chi connectivity index (χ4n) is 15.4. The van der Waals surface area contributed by atoms with Crippen LogP contribution in [0, 0.1) is 36.5 Å². The summed E-state index contributed by atoms with van der Waals surface area (Å²) in [6.07, 6.45) is 13.1. The Kier molecular flexibility index (Phi) is 38.8. The Morgan fingerprint density at radius 1 is 0.645 bits per heavy atom. The van der Waals surface area contributed by atoms with E-state index in [9.17, 15) is 100 Å². The number of unbranched alkanes of at least 4 members (excludes halogenated alkanes) is 2. The van der Waals surface area contributed by atoms with Gasteiger partial charge in [-0.1, -0.05) is 50.1 Å². The molecule has 1 saturated heterocycles. The minimum Gasteiger partial charge on any atom is -0.481 e. The largest absolute Gasteiger partial charge is 0.481 e. The van der Waals surface area contributed by atoms with Gasteiger partial charge < -0.3 is 71.2 Å². The van der Waals surface area contributed by atoms with Gasteiger partial charge in [0, 0.05) is 186 Å². The number of aromatic amines is 2. The number of carbonyl (C=O) groups excluding carboxylic acids is 13. The molecule has 0 spiro atoms. The molecule has 6 amide bonds. The van der Waals surface area contributed by atoms with Crippen LogP contribution in [0.1, 0.15) is 178 Å². The van der Waals surface area contributed by atoms with Gasteiger partial charge in [0.15, 0.2) is 28.8 Å². The van der Waals surface area contributed by atoms with E-state index in [1.54, 1.807) is 6.07 Å². The van der Waals surface area contributed by atoms with Gasteiger partial charge in [-0.05, 0) is 102 Å². The summed E-state index contributed by atoms with van der Waals surface area (Å²) in [4.78, 5) is 213. The summed E-state index contributed by atoms with van der Waals surface area (Å²) in [5, 5.41) is 45.5. The van der Waals surface area contributed by atoms with Crippen molar-refractivity contribution in [3.63, 3.8) is 0 Å². The predicted octanol–water partition coefficient (Wildman–Crippen LogP) is 5.31. The molecule has 0 radical (unpaired) electrons. The Balaban J connectivity index is 0.929. The maximum Gasteiger partial charge on any atom is 0.303 e. The van der Waals surface area contributed by atoms with E-state index in [4.69, 9.17) is 20.3 Å². The highest BCUT2D eigenvalue weighted by Crippen LogP contribution is 2.49. The number of ether oxygens (including phenoxy) is 2. The van der Waals surface area contributed by atoms with E-state index in [1.807, 2.05) is 38.2 Å². The zero-order chi connectivity index (χ0) is 91.2. The topological polar surface area (TPSA) is 539 Å². The number of amides is 6. The van der Waals surface area contributed by atoms with Crippen LogP contribution in [0.25, 0.3) is 0 Å². The van der Waals surface area contributed by atoms with Gasteiger partial charge in [-0.2, -0.15) is 13.0 Å². The number of benzene rings is 2. The Labute approximate surface area is 724 Å². The molecule has 7 rings (SSSR count). The molecular formula is C87H116N11O24S2+. The average molecular weight is 1760 g/mol. The smallest absolute Gasteiger partial charge is 0.303 e. The number of allylic oxidation sites excluding steroid dienone is 6. The van der Waals surface area contributed by atoms with Crippen LogP contribution in [-0.2, 0) is 115 Å². The van der Waals surface area contributed by atoms with Crippen molar-refractivity contribution in [3.8, 4) is 0 Å². The Morgan fingerprint density at radius 3 is 1.81 bits per heavy atom. The van der Waals surface area contributed by atoms with E-state index >= 15 is 0 Å². The molecule has 37 heteroatoms. The number of Topliss-reactive ketones (excluding diaryl/α,β-unsaturated/α-hetero) is 7. The second kappa shape index (κ2) is 48.0. The van der Waals surface area contributed by atoms with Crippen molar-refractivity contribution in [1.29, 1.82) is 0 Å². The van der Waals surface area contributed by atoms with Crippen molar-refractivity contribution in [2.45, 2.75) is 203 Å². The third kappa shape index (κ3) is 30.0. The number of carboxylic acid groups (broad SMARTS) is 2. The summed E-state index contributed by atoms with van der Waals surface area (Å²) in [6.45, 7) is 8.64. The number of rotatable bonds is 59. The first-order chi connectivity index (χ1) is 58.7. The first-order valence-corrected chi connectivity index (χ1v) is 43.9. The highest BCUT2D eigenvalue weighted by atomic mass is 32.2. The maximum absolute atomic E-state index is 14.1. The normalized spacial score (nSPS) is 16.8. The number of carbonyl (C=O) groups is 15. The number of imidazole rings is 2. The monoisotopic (exact) mass is 1760 g/mol. The molecular weight excluding hydrogens is 1650 g/mol. The van der Waals surface area contributed by atoms with Crippen molar-refractivity contribution >= 4 is 127 Å². The van der Waals surface area contributed by atoms with Crippen LogP contribution in [0.4, 0.5) is 11.4 Å². The molecule has 5 heterocycles. The van der Waals surface area contributed by atoms with E-state index in [0.717, 1.165) is 45.0 Å². The first-order valence-electron chi connectivity index (χ1n) is 41.4. The number of hydrogen-bond donors (Lipinski definition) is 11. The number of ketones is 7. The van der Waals surface area contributed by atoms with Crippen LogP contribution in [-0.4, -0.2) is 246 Å². The number of nitrogens with two attached hydrogens (primary N) is 1. The molecule has 35 nitrogen and oxygen atoms in total. The van der Waals surface area contributed by atoms with Gasteiger partial charge in [-0.3, -0.25) is 76.6 Å². The number of aromatic nitrogens is 4. The molecule has 674 valence electrons. The van der Waals surface area contributed by atoms with E-state index in [1.165, 1.54) is 55.2 Å². The van der Waals surface area contributed by atoms with E-state index < -0.39 is 209 Å². The number of thioether (sulfide) groups is 1. The molecule has 3 aliphatic heterocycles. The summed E-state index contributed by atoms with van der Waals surface area (Å²) >= 11 is 0.957. The van der Waals surface area contributed by atoms with Gasteiger partial charge in [0.2, 0.25) is 41.1 Å². The lowest BCUT2D eigenvalue weighted by atomic mass is 9.81. The van der Waals surface area contributed by atoms with Gasteiger partial charge >= 0.3 is 11.9 Å². The summed E-state index contributed by atoms with van der Waals surface area (Å²) in [6, 6.07) is 8.41. The second-order valence-corrected chi connectivity index (χ2v) is 35.3. The third-order valence-corrected chi connectivity index (χ3v) is 24.5. The lowest BCUT2D eigenvalue weighted by Gasteiger charge is -2.27. The predicted molar refractivity (Wildman–Crippen MR) is 454 cm³/mol. The summed E-state index contributed by atoms with van der Waals surface area (Å²) in [7, 11) is -2.46.